The third kappa shape index (κ3) is 4.16. The number of alkyl halides is 3. The van der Waals surface area contributed by atoms with E-state index >= 15 is 0 Å². The minimum absolute atomic E-state index is 0.143. The fourth-order valence-corrected chi connectivity index (χ4v) is 2.93. The summed E-state index contributed by atoms with van der Waals surface area (Å²) in [5, 5.41) is 9.35. The van der Waals surface area contributed by atoms with Crippen LogP contribution in [0, 0.1) is 13.8 Å². The molecule has 2 N–H and O–H groups in total. The Bertz CT molecular complexity index is 981. The van der Waals surface area contributed by atoms with Crippen molar-refractivity contribution < 1.29 is 18.0 Å². The second-order valence-electron chi connectivity index (χ2n) is 6.25. The maximum absolute atomic E-state index is 13.0. The van der Waals surface area contributed by atoms with Crippen molar-refractivity contribution in [3.8, 4) is 5.69 Å². The summed E-state index contributed by atoms with van der Waals surface area (Å²) in [6.45, 7) is 3.84. The highest BCUT2D eigenvalue weighted by molar-refractivity contribution is 5.90. The lowest BCUT2D eigenvalue weighted by Gasteiger charge is -2.14. The number of urea groups is 1. The first kappa shape index (κ1) is 19.5. The molecule has 0 unspecified atom stereocenters. The van der Waals surface area contributed by atoms with E-state index in [2.05, 4.69) is 15.7 Å². The average molecular weight is 388 g/mol. The van der Waals surface area contributed by atoms with E-state index in [1.54, 1.807) is 4.68 Å². The number of carbonyl (C=O) groups excluding carboxylic acids is 1. The van der Waals surface area contributed by atoms with Crippen molar-refractivity contribution in [3.63, 3.8) is 0 Å². The number of nitrogens with zero attached hydrogens (tertiary/aromatic N) is 2. The molecule has 0 radical (unpaired) electrons. The Morgan fingerprint density at radius 1 is 1.04 bits per heavy atom. The maximum Gasteiger partial charge on any atom is 0.418 e. The van der Waals surface area contributed by atoms with Crippen LogP contribution in [0.1, 0.15) is 22.5 Å². The van der Waals surface area contributed by atoms with E-state index < -0.39 is 17.8 Å². The molecular weight excluding hydrogens is 369 g/mol. The molecule has 2 aromatic carbocycles. The van der Waals surface area contributed by atoms with E-state index in [9.17, 15) is 18.0 Å². The summed E-state index contributed by atoms with van der Waals surface area (Å²) in [7, 11) is 0. The summed E-state index contributed by atoms with van der Waals surface area (Å²) in [4.78, 5) is 12.1. The van der Waals surface area contributed by atoms with Gasteiger partial charge in [0.1, 0.15) is 0 Å². The largest absolute Gasteiger partial charge is 0.418 e. The predicted octanol–water partition coefficient (Wildman–Crippen LogP) is 4.83. The zero-order valence-electron chi connectivity index (χ0n) is 15.3. The molecule has 0 saturated carbocycles. The summed E-state index contributed by atoms with van der Waals surface area (Å²) in [6.07, 6.45) is -4.55. The van der Waals surface area contributed by atoms with Gasteiger partial charge in [-0.2, -0.15) is 18.3 Å². The normalized spacial score (nSPS) is 11.3. The summed E-state index contributed by atoms with van der Waals surface area (Å²) in [5.41, 5.74) is 2.09. The van der Waals surface area contributed by atoms with Crippen molar-refractivity contribution in [1.82, 2.24) is 15.1 Å². The number of halogens is 3. The number of carbonyl (C=O) groups is 1. The Balaban J connectivity index is 1.72. The number of anilines is 1. The van der Waals surface area contributed by atoms with Crippen LogP contribution in [0.25, 0.3) is 5.69 Å². The molecule has 5 nitrogen and oxygen atoms in total. The number of rotatable bonds is 4. The van der Waals surface area contributed by atoms with Gasteiger partial charge in [0.25, 0.3) is 0 Å². The van der Waals surface area contributed by atoms with Gasteiger partial charge in [0.2, 0.25) is 0 Å². The zero-order valence-corrected chi connectivity index (χ0v) is 15.3. The molecule has 0 aliphatic heterocycles. The molecule has 2 amide bonds. The van der Waals surface area contributed by atoms with Crippen LogP contribution in [0.4, 0.5) is 23.7 Å². The first-order valence-corrected chi connectivity index (χ1v) is 8.59. The number of para-hydroxylation sites is 2. The van der Waals surface area contributed by atoms with E-state index in [0.29, 0.717) is 0 Å². The summed E-state index contributed by atoms with van der Waals surface area (Å²) < 4.78 is 40.9. The minimum Gasteiger partial charge on any atom is -0.334 e. The number of amides is 2. The molecule has 0 saturated heterocycles. The van der Waals surface area contributed by atoms with Gasteiger partial charge in [-0.25, -0.2) is 9.48 Å². The molecule has 3 aromatic rings. The Morgan fingerprint density at radius 3 is 2.36 bits per heavy atom. The highest BCUT2D eigenvalue weighted by atomic mass is 19.4. The summed E-state index contributed by atoms with van der Waals surface area (Å²) in [6, 6.07) is 13.7. The molecule has 0 fully saturated rings. The molecule has 1 heterocycles. The van der Waals surface area contributed by atoms with Crippen LogP contribution >= 0.6 is 0 Å². The van der Waals surface area contributed by atoms with Crippen molar-refractivity contribution in [2.75, 3.05) is 5.32 Å². The maximum atomic E-state index is 13.0. The number of nitrogens with one attached hydrogen (secondary N) is 2. The lowest BCUT2D eigenvalue weighted by Crippen LogP contribution is -2.29. The van der Waals surface area contributed by atoms with Crippen LogP contribution in [-0.2, 0) is 12.7 Å². The van der Waals surface area contributed by atoms with Gasteiger partial charge in [0, 0.05) is 17.8 Å². The van der Waals surface area contributed by atoms with Crippen LogP contribution in [0.3, 0.4) is 0 Å². The Morgan fingerprint density at radius 2 is 1.68 bits per heavy atom. The van der Waals surface area contributed by atoms with Crippen LogP contribution in [0.15, 0.2) is 54.6 Å². The second-order valence-corrected chi connectivity index (χ2v) is 6.25. The van der Waals surface area contributed by atoms with Crippen molar-refractivity contribution in [2.45, 2.75) is 26.6 Å². The van der Waals surface area contributed by atoms with Crippen LogP contribution in [0.5, 0.6) is 0 Å². The smallest absolute Gasteiger partial charge is 0.334 e. The van der Waals surface area contributed by atoms with Gasteiger partial charge < -0.3 is 10.6 Å². The van der Waals surface area contributed by atoms with Gasteiger partial charge in [0.15, 0.2) is 0 Å². The molecule has 0 aliphatic carbocycles. The van der Waals surface area contributed by atoms with Gasteiger partial charge in [-0.3, -0.25) is 0 Å². The van der Waals surface area contributed by atoms with Crippen molar-refractivity contribution in [1.29, 1.82) is 0 Å². The van der Waals surface area contributed by atoms with Crippen molar-refractivity contribution >= 4 is 11.7 Å². The van der Waals surface area contributed by atoms with E-state index in [1.165, 1.54) is 18.2 Å². The topological polar surface area (TPSA) is 59.0 Å². The van der Waals surface area contributed by atoms with Gasteiger partial charge in [-0.15, -0.1) is 0 Å². The first-order valence-electron chi connectivity index (χ1n) is 8.59. The highest BCUT2D eigenvalue weighted by Crippen LogP contribution is 2.34. The van der Waals surface area contributed by atoms with Gasteiger partial charge in [-0.05, 0) is 38.1 Å². The first-order chi connectivity index (χ1) is 13.3. The molecule has 0 spiro atoms. The standard InChI is InChI=1S/C20H19F3N4O/c1-13-16(14(2)27(26-13)15-8-4-3-5-9-15)12-24-19(28)25-18-11-7-6-10-17(18)20(21,22)23/h3-11H,12H2,1-2H3,(H2,24,25,28). The average Bonchev–Trinajstić information content (AvgIpc) is 2.94. The quantitative estimate of drug-likeness (QED) is 0.673. The minimum atomic E-state index is -4.55. The lowest BCUT2D eigenvalue weighted by atomic mass is 10.1. The number of aryl methyl sites for hydroxylation is 1. The number of benzene rings is 2. The van der Waals surface area contributed by atoms with E-state index in [4.69, 9.17) is 0 Å². The number of hydrogen-bond donors (Lipinski definition) is 2. The predicted molar refractivity (Wildman–Crippen MR) is 100 cm³/mol. The molecule has 1 aromatic heterocycles. The molecule has 146 valence electrons. The van der Waals surface area contributed by atoms with Gasteiger partial charge in [-0.1, -0.05) is 30.3 Å². The van der Waals surface area contributed by atoms with Crippen molar-refractivity contribution in [2.24, 2.45) is 0 Å². The monoisotopic (exact) mass is 388 g/mol. The van der Waals surface area contributed by atoms with Gasteiger partial charge in [0.05, 0.1) is 22.6 Å². The molecular formula is C20H19F3N4O. The van der Waals surface area contributed by atoms with Crippen LogP contribution < -0.4 is 10.6 Å². The molecule has 3 rings (SSSR count). The van der Waals surface area contributed by atoms with E-state index in [-0.39, 0.29) is 12.2 Å². The summed E-state index contributed by atoms with van der Waals surface area (Å²) >= 11 is 0. The number of aromatic nitrogens is 2. The van der Waals surface area contributed by atoms with Crippen LogP contribution in [-0.4, -0.2) is 15.8 Å². The third-order valence-electron chi connectivity index (χ3n) is 4.35. The van der Waals surface area contributed by atoms with E-state index in [0.717, 1.165) is 28.7 Å². The third-order valence-corrected chi connectivity index (χ3v) is 4.35. The second kappa shape index (κ2) is 7.75. The van der Waals surface area contributed by atoms with Gasteiger partial charge >= 0.3 is 12.2 Å². The molecule has 0 aliphatic rings. The summed E-state index contributed by atoms with van der Waals surface area (Å²) in [5.74, 6) is 0. The SMILES string of the molecule is Cc1nn(-c2ccccc2)c(C)c1CNC(=O)Nc1ccccc1C(F)(F)F. The fraction of sp³-hybridized carbons (Fsp3) is 0.200. The lowest BCUT2D eigenvalue weighted by molar-refractivity contribution is -0.136. The molecule has 0 bridgehead atoms. The highest BCUT2D eigenvalue weighted by Gasteiger charge is 2.33. The zero-order chi connectivity index (χ0) is 20.3. The Kier molecular flexibility index (Phi) is 5.39. The van der Waals surface area contributed by atoms with Crippen LogP contribution in [0.2, 0.25) is 0 Å². The molecule has 0 atom stereocenters. The molecule has 8 heteroatoms. The Hall–Kier alpha value is -3.29. The number of hydrogen-bond acceptors (Lipinski definition) is 2. The van der Waals surface area contributed by atoms with Crippen molar-refractivity contribution in [3.05, 3.63) is 77.1 Å². The van der Waals surface area contributed by atoms with E-state index in [1.807, 2.05) is 44.2 Å². The Labute approximate surface area is 160 Å². The fourth-order valence-electron chi connectivity index (χ4n) is 2.93. The molecule has 28 heavy (non-hydrogen) atoms.